The number of amides is 1. The molecule has 0 atom stereocenters. The van der Waals surface area contributed by atoms with Crippen molar-refractivity contribution in [2.45, 2.75) is 26.4 Å². The largest absolute Gasteiger partial charge is 0.444 e. The number of morpholine rings is 1. The molecule has 1 fully saturated rings. The Kier molecular flexibility index (Phi) is 6.52. The molecule has 0 spiro atoms. The summed E-state index contributed by atoms with van der Waals surface area (Å²) in [4.78, 5) is 13.9. The van der Waals surface area contributed by atoms with Gasteiger partial charge in [0.15, 0.2) is 0 Å². The molecule has 2 rings (SSSR count). The van der Waals surface area contributed by atoms with Crippen molar-refractivity contribution < 1.29 is 31.3 Å². The van der Waals surface area contributed by atoms with E-state index in [1.807, 2.05) is 32.9 Å². The van der Waals surface area contributed by atoms with Crippen molar-refractivity contribution in [2.24, 2.45) is 0 Å². The van der Waals surface area contributed by atoms with Gasteiger partial charge in [0.2, 0.25) is 0 Å². The molecule has 1 amide bonds. The molecule has 0 bridgehead atoms. The van der Waals surface area contributed by atoms with Crippen molar-refractivity contribution in [1.29, 1.82) is 0 Å². The molecule has 6 heteroatoms. The molecule has 0 aliphatic carbocycles. The van der Waals surface area contributed by atoms with E-state index in [-0.39, 0.29) is 17.1 Å². The molecule has 1 aliphatic heterocycles. The first-order valence-electron chi connectivity index (χ1n) is 6.78. The van der Waals surface area contributed by atoms with Crippen LogP contribution in [0.1, 0.15) is 20.8 Å². The first-order chi connectivity index (χ1) is 9.44. The predicted molar refractivity (Wildman–Crippen MR) is 78.2 cm³/mol. The summed E-state index contributed by atoms with van der Waals surface area (Å²) in [6, 6.07) is 8.67. The van der Waals surface area contributed by atoms with Crippen LogP contribution in [0.5, 0.6) is 0 Å². The van der Waals surface area contributed by atoms with Gasteiger partial charge in [-0.15, -0.1) is 12.1 Å². The molecule has 0 aromatic heterocycles. The van der Waals surface area contributed by atoms with Gasteiger partial charge in [-0.2, -0.15) is 12.1 Å². The smallest absolute Gasteiger partial charge is 0.410 e. The molecule has 1 aromatic carbocycles. The van der Waals surface area contributed by atoms with Crippen molar-refractivity contribution in [1.82, 2.24) is 0 Å². The monoisotopic (exact) mass is 332 g/mol. The number of carbonyl (C=O) groups is 1. The van der Waals surface area contributed by atoms with Crippen molar-refractivity contribution in [3.8, 4) is 0 Å². The number of anilines is 2. The summed E-state index contributed by atoms with van der Waals surface area (Å²) in [5.74, 6) is 0. The van der Waals surface area contributed by atoms with E-state index in [1.54, 1.807) is 6.07 Å². The molecule has 0 saturated carbocycles. The number of nitrogens with zero attached hydrogens (tertiary/aromatic N) is 1. The molecule has 21 heavy (non-hydrogen) atoms. The Morgan fingerprint density at radius 1 is 1.38 bits per heavy atom. The Morgan fingerprint density at radius 2 is 2.05 bits per heavy atom. The van der Waals surface area contributed by atoms with Gasteiger partial charge < -0.3 is 19.7 Å². The third-order valence-corrected chi connectivity index (χ3v) is 2.80. The number of rotatable bonds is 2. The SMILES string of the molecule is CC(C)(C)OC(=O)Nc1[c-]ccc(N2CCOCC2)c1.[Mn]. The number of ether oxygens (including phenoxy) is 2. The van der Waals surface area contributed by atoms with Gasteiger partial charge in [-0.25, -0.2) is 4.79 Å². The summed E-state index contributed by atoms with van der Waals surface area (Å²) < 4.78 is 10.6. The molecule has 5 nitrogen and oxygen atoms in total. The molecule has 1 heterocycles. The Hall–Kier alpha value is -1.23. The van der Waals surface area contributed by atoms with Crippen LogP contribution in [0.2, 0.25) is 0 Å². The van der Waals surface area contributed by atoms with Crippen LogP contribution >= 0.6 is 0 Å². The van der Waals surface area contributed by atoms with Crippen molar-refractivity contribution in [3.05, 3.63) is 24.3 Å². The molecule has 1 saturated heterocycles. The molecule has 1 N–H and O–H groups in total. The topological polar surface area (TPSA) is 50.8 Å². The zero-order valence-electron chi connectivity index (χ0n) is 12.6. The zero-order chi connectivity index (χ0) is 14.6. The van der Waals surface area contributed by atoms with Crippen molar-refractivity contribution in [2.75, 3.05) is 36.5 Å². The fourth-order valence-electron chi connectivity index (χ4n) is 1.96. The quantitative estimate of drug-likeness (QED) is 0.668. The molecular formula is C15H21MnN2O3-. The van der Waals surface area contributed by atoms with E-state index in [2.05, 4.69) is 16.3 Å². The van der Waals surface area contributed by atoms with Gasteiger partial charge in [-0.05, 0) is 20.8 Å². The number of nitrogens with one attached hydrogen (secondary N) is 1. The fraction of sp³-hybridized carbons (Fsp3) is 0.533. The molecule has 1 aromatic rings. The van der Waals surface area contributed by atoms with Crippen molar-refractivity contribution in [3.63, 3.8) is 0 Å². The standard InChI is InChI=1S/C15H21N2O3.Mn/c1-15(2,3)20-14(18)16-12-5-4-6-13(11-12)17-7-9-19-10-8-17;/h4,6,11H,7-10H2,1-3H3,(H,16,18);/q-1;. The van der Waals surface area contributed by atoms with Gasteiger partial charge >= 0.3 is 6.09 Å². The second-order valence-corrected chi connectivity index (χ2v) is 5.69. The minimum absolute atomic E-state index is 0. The first kappa shape index (κ1) is 17.8. The van der Waals surface area contributed by atoms with Crippen LogP contribution in [0.4, 0.5) is 16.2 Å². The minimum Gasteiger partial charge on any atom is -0.444 e. The third-order valence-electron chi connectivity index (χ3n) is 2.80. The van der Waals surface area contributed by atoms with E-state index in [4.69, 9.17) is 9.47 Å². The number of benzene rings is 1. The van der Waals surface area contributed by atoms with Gasteiger partial charge in [0.1, 0.15) is 5.60 Å². The number of carbonyl (C=O) groups excluding carboxylic acids is 1. The van der Waals surface area contributed by atoms with Gasteiger partial charge in [0.25, 0.3) is 0 Å². The summed E-state index contributed by atoms with van der Waals surface area (Å²) in [6.07, 6.45) is -0.465. The third kappa shape index (κ3) is 5.96. The van der Waals surface area contributed by atoms with Crippen LogP contribution in [0.3, 0.4) is 0 Å². The maximum Gasteiger partial charge on any atom is 0.410 e. The molecule has 1 radical (unpaired) electrons. The van der Waals surface area contributed by atoms with Gasteiger partial charge in [-0.3, -0.25) is 0 Å². The van der Waals surface area contributed by atoms with Gasteiger partial charge in [0.05, 0.1) is 13.2 Å². The van der Waals surface area contributed by atoms with E-state index in [0.29, 0.717) is 5.69 Å². The van der Waals surface area contributed by atoms with Gasteiger partial charge in [-0.1, -0.05) is 11.4 Å². The van der Waals surface area contributed by atoms with E-state index in [0.717, 1.165) is 32.0 Å². The maximum atomic E-state index is 11.7. The number of hydrogen-bond donors (Lipinski definition) is 1. The predicted octanol–water partition coefficient (Wildman–Crippen LogP) is 2.67. The minimum atomic E-state index is -0.508. The Labute approximate surface area is 136 Å². The molecular weight excluding hydrogens is 311 g/mol. The van der Waals surface area contributed by atoms with Crippen molar-refractivity contribution >= 4 is 17.5 Å². The Bertz CT molecular complexity index is 468. The maximum absolute atomic E-state index is 11.7. The van der Waals surface area contributed by atoms with E-state index >= 15 is 0 Å². The first-order valence-corrected chi connectivity index (χ1v) is 6.78. The number of hydrogen-bond acceptors (Lipinski definition) is 4. The summed E-state index contributed by atoms with van der Waals surface area (Å²) in [6.45, 7) is 8.67. The normalized spacial score (nSPS) is 15.1. The second kappa shape index (κ2) is 7.69. The van der Waals surface area contributed by atoms with Crippen LogP contribution in [0, 0.1) is 6.07 Å². The fourth-order valence-corrected chi connectivity index (χ4v) is 1.96. The summed E-state index contributed by atoms with van der Waals surface area (Å²) in [5.41, 5.74) is 1.16. The molecule has 0 unspecified atom stereocenters. The van der Waals surface area contributed by atoms with Crippen LogP contribution in [-0.2, 0) is 26.5 Å². The second-order valence-electron chi connectivity index (χ2n) is 5.69. The van der Waals surface area contributed by atoms with Crippen LogP contribution in [-0.4, -0.2) is 38.0 Å². The molecule has 1 aliphatic rings. The van der Waals surface area contributed by atoms with Crippen LogP contribution < -0.4 is 10.2 Å². The summed E-state index contributed by atoms with van der Waals surface area (Å²) in [7, 11) is 0. The summed E-state index contributed by atoms with van der Waals surface area (Å²) in [5, 5.41) is 2.70. The van der Waals surface area contributed by atoms with Crippen LogP contribution in [0.25, 0.3) is 0 Å². The van der Waals surface area contributed by atoms with E-state index < -0.39 is 11.7 Å². The van der Waals surface area contributed by atoms with E-state index in [9.17, 15) is 4.79 Å². The Balaban J connectivity index is 0.00000220. The summed E-state index contributed by atoms with van der Waals surface area (Å²) >= 11 is 0. The Morgan fingerprint density at radius 3 is 2.67 bits per heavy atom. The van der Waals surface area contributed by atoms with E-state index in [1.165, 1.54) is 0 Å². The van der Waals surface area contributed by atoms with Gasteiger partial charge in [0, 0.05) is 30.2 Å². The van der Waals surface area contributed by atoms with Crippen LogP contribution in [0.15, 0.2) is 18.2 Å². The molecule has 117 valence electrons. The zero-order valence-corrected chi connectivity index (χ0v) is 13.8. The average molecular weight is 332 g/mol. The average Bonchev–Trinajstić information content (AvgIpc) is 2.38.